The number of benzene rings is 1. The van der Waals surface area contributed by atoms with E-state index < -0.39 is 5.97 Å². The minimum atomic E-state index is -0.669. The number of likely N-dealkylation sites (tertiary alicyclic amines) is 1. The number of carbonyl (C=O) groups excluding carboxylic acids is 1. The highest BCUT2D eigenvalue weighted by atomic mass is 16.4. The van der Waals surface area contributed by atoms with Gasteiger partial charge in [0, 0.05) is 13.1 Å². The predicted molar refractivity (Wildman–Crippen MR) is 92.7 cm³/mol. The quantitative estimate of drug-likeness (QED) is 0.871. The molecule has 1 saturated heterocycles. The number of piperidine rings is 1. The van der Waals surface area contributed by atoms with Gasteiger partial charge in [0.15, 0.2) is 0 Å². The van der Waals surface area contributed by atoms with Crippen LogP contribution in [0.4, 0.5) is 0 Å². The lowest BCUT2D eigenvalue weighted by Gasteiger charge is -2.32. The van der Waals surface area contributed by atoms with Crippen LogP contribution in [0.3, 0.4) is 0 Å². The second-order valence-corrected chi connectivity index (χ2v) is 7.43. The fourth-order valence-electron chi connectivity index (χ4n) is 3.94. The van der Waals surface area contributed by atoms with E-state index in [4.69, 9.17) is 5.11 Å². The maximum absolute atomic E-state index is 12.5. The fraction of sp³-hybridized carbons (Fsp3) is 0.600. The Hall–Kier alpha value is -1.84. The van der Waals surface area contributed by atoms with Crippen LogP contribution in [-0.2, 0) is 22.4 Å². The summed E-state index contributed by atoms with van der Waals surface area (Å²) in [4.78, 5) is 25.5. The largest absolute Gasteiger partial charge is 0.481 e. The first-order chi connectivity index (χ1) is 11.5. The van der Waals surface area contributed by atoms with Crippen LogP contribution in [0.2, 0.25) is 0 Å². The van der Waals surface area contributed by atoms with Gasteiger partial charge >= 0.3 is 5.97 Å². The van der Waals surface area contributed by atoms with Crippen molar-refractivity contribution in [2.24, 2.45) is 11.3 Å². The Morgan fingerprint density at radius 2 is 1.79 bits per heavy atom. The van der Waals surface area contributed by atoms with Crippen molar-refractivity contribution in [2.45, 2.75) is 51.9 Å². The van der Waals surface area contributed by atoms with Crippen LogP contribution in [0.15, 0.2) is 24.3 Å². The topological polar surface area (TPSA) is 57.6 Å². The number of hydrogen-bond donors (Lipinski definition) is 1. The molecule has 4 nitrogen and oxygen atoms in total. The summed E-state index contributed by atoms with van der Waals surface area (Å²) in [5.41, 5.74) is 2.39. The van der Waals surface area contributed by atoms with Crippen LogP contribution in [0.1, 0.15) is 50.2 Å². The molecule has 0 radical (unpaired) electrons. The molecule has 1 aromatic rings. The van der Waals surface area contributed by atoms with Gasteiger partial charge in [-0.1, -0.05) is 37.6 Å². The second-order valence-electron chi connectivity index (χ2n) is 7.43. The molecule has 1 aromatic carbocycles. The molecule has 1 saturated carbocycles. The average molecular weight is 329 g/mol. The Labute approximate surface area is 143 Å². The van der Waals surface area contributed by atoms with E-state index in [9.17, 15) is 9.59 Å². The van der Waals surface area contributed by atoms with E-state index in [0.29, 0.717) is 19.5 Å². The van der Waals surface area contributed by atoms with E-state index in [2.05, 4.69) is 31.2 Å². The minimum Gasteiger partial charge on any atom is -0.481 e. The molecule has 1 aliphatic carbocycles. The summed E-state index contributed by atoms with van der Waals surface area (Å²) < 4.78 is 0. The maximum Gasteiger partial charge on any atom is 0.307 e. The third kappa shape index (κ3) is 3.63. The Morgan fingerprint density at radius 3 is 2.33 bits per heavy atom. The second kappa shape index (κ2) is 6.96. The molecule has 1 atom stereocenters. The lowest BCUT2D eigenvalue weighted by Crippen LogP contribution is -2.40. The van der Waals surface area contributed by atoms with E-state index in [-0.39, 0.29) is 17.2 Å². The number of amides is 1. The van der Waals surface area contributed by atoms with Crippen LogP contribution in [0.25, 0.3) is 0 Å². The number of carboxylic acid groups (broad SMARTS) is 1. The summed E-state index contributed by atoms with van der Waals surface area (Å²) in [7, 11) is 0. The third-order valence-corrected chi connectivity index (χ3v) is 5.80. The predicted octanol–water partition coefficient (Wildman–Crippen LogP) is 3.29. The number of hydrogen-bond acceptors (Lipinski definition) is 2. The molecule has 24 heavy (non-hydrogen) atoms. The summed E-state index contributed by atoms with van der Waals surface area (Å²) in [6.45, 7) is 3.60. The van der Waals surface area contributed by atoms with Gasteiger partial charge in [0.2, 0.25) is 5.91 Å². The van der Waals surface area contributed by atoms with Gasteiger partial charge in [0.1, 0.15) is 0 Å². The number of carbonyl (C=O) groups is 2. The first-order valence-corrected chi connectivity index (χ1v) is 9.12. The number of unbranched alkanes of at least 4 members (excludes halogenated alkanes) is 1. The van der Waals surface area contributed by atoms with Crippen molar-refractivity contribution in [3.8, 4) is 0 Å². The van der Waals surface area contributed by atoms with Crippen LogP contribution >= 0.6 is 0 Å². The average Bonchev–Trinajstić information content (AvgIpc) is 3.28. The lowest BCUT2D eigenvalue weighted by atomic mass is 9.90. The number of aliphatic carboxylic acids is 1. The first-order valence-electron chi connectivity index (χ1n) is 9.12. The highest BCUT2D eigenvalue weighted by Crippen LogP contribution is 2.59. The molecule has 1 amide bonds. The van der Waals surface area contributed by atoms with Gasteiger partial charge in [-0.2, -0.15) is 0 Å². The zero-order valence-electron chi connectivity index (χ0n) is 14.5. The summed E-state index contributed by atoms with van der Waals surface area (Å²) in [6, 6.07) is 8.39. The molecule has 1 heterocycles. The van der Waals surface area contributed by atoms with E-state index in [1.54, 1.807) is 0 Å². The Kier molecular flexibility index (Phi) is 4.93. The van der Waals surface area contributed by atoms with Crippen molar-refractivity contribution < 1.29 is 14.7 Å². The SMILES string of the molecule is CCCCc1ccc(CC(=O)N2CCC3(CC2)CC3C(=O)O)cc1. The number of rotatable bonds is 6. The van der Waals surface area contributed by atoms with Crippen molar-refractivity contribution in [1.29, 1.82) is 0 Å². The summed E-state index contributed by atoms with van der Waals surface area (Å²) in [5.74, 6) is -0.679. The minimum absolute atomic E-state index is 0.0104. The highest BCUT2D eigenvalue weighted by molar-refractivity contribution is 5.79. The maximum atomic E-state index is 12.5. The fourth-order valence-corrected chi connectivity index (χ4v) is 3.94. The smallest absolute Gasteiger partial charge is 0.307 e. The van der Waals surface area contributed by atoms with Crippen molar-refractivity contribution in [3.63, 3.8) is 0 Å². The van der Waals surface area contributed by atoms with E-state index >= 15 is 0 Å². The molecular weight excluding hydrogens is 302 g/mol. The van der Waals surface area contributed by atoms with Crippen LogP contribution in [0.5, 0.6) is 0 Å². The molecule has 130 valence electrons. The Balaban J connectivity index is 1.48. The summed E-state index contributed by atoms with van der Waals surface area (Å²) in [5, 5.41) is 9.14. The van der Waals surface area contributed by atoms with Crippen molar-refractivity contribution in [3.05, 3.63) is 35.4 Å². The van der Waals surface area contributed by atoms with E-state index in [1.165, 1.54) is 18.4 Å². The van der Waals surface area contributed by atoms with Crippen LogP contribution in [0, 0.1) is 11.3 Å². The third-order valence-electron chi connectivity index (χ3n) is 5.80. The molecule has 2 aliphatic rings. The molecular formula is C20H27NO3. The molecule has 3 rings (SSSR count). The zero-order valence-corrected chi connectivity index (χ0v) is 14.5. The van der Waals surface area contributed by atoms with E-state index in [1.807, 2.05) is 4.90 Å². The Bertz CT molecular complexity index is 600. The monoisotopic (exact) mass is 329 g/mol. The summed E-state index contributed by atoms with van der Waals surface area (Å²) in [6.07, 6.45) is 6.42. The molecule has 0 aromatic heterocycles. The lowest BCUT2D eigenvalue weighted by molar-refractivity contribution is -0.139. The molecule has 1 N–H and O–H groups in total. The molecule has 4 heteroatoms. The number of aryl methyl sites for hydroxylation is 1. The highest BCUT2D eigenvalue weighted by Gasteiger charge is 2.59. The first kappa shape index (κ1) is 17.0. The van der Waals surface area contributed by atoms with Gasteiger partial charge < -0.3 is 10.0 Å². The molecule has 1 unspecified atom stereocenters. The summed E-state index contributed by atoms with van der Waals surface area (Å²) >= 11 is 0. The van der Waals surface area contributed by atoms with Gasteiger partial charge in [-0.3, -0.25) is 9.59 Å². The molecule has 0 bridgehead atoms. The van der Waals surface area contributed by atoms with Crippen LogP contribution < -0.4 is 0 Å². The van der Waals surface area contributed by atoms with Gasteiger partial charge in [-0.25, -0.2) is 0 Å². The van der Waals surface area contributed by atoms with Crippen molar-refractivity contribution >= 4 is 11.9 Å². The normalized spacial score (nSPS) is 21.7. The molecule has 1 spiro atoms. The van der Waals surface area contributed by atoms with Gasteiger partial charge in [0.05, 0.1) is 12.3 Å². The zero-order chi connectivity index (χ0) is 17.2. The van der Waals surface area contributed by atoms with Crippen molar-refractivity contribution in [1.82, 2.24) is 4.90 Å². The van der Waals surface area contributed by atoms with E-state index in [0.717, 1.165) is 31.2 Å². The van der Waals surface area contributed by atoms with Gasteiger partial charge in [-0.15, -0.1) is 0 Å². The number of carboxylic acids is 1. The van der Waals surface area contributed by atoms with Gasteiger partial charge in [0.25, 0.3) is 0 Å². The van der Waals surface area contributed by atoms with Crippen molar-refractivity contribution in [2.75, 3.05) is 13.1 Å². The van der Waals surface area contributed by atoms with Gasteiger partial charge in [-0.05, 0) is 48.6 Å². The molecule has 2 fully saturated rings. The standard InChI is InChI=1S/C20H27NO3/c1-2-3-4-15-5-7-16(8-6-15)13-18(22)21-11-9-20(10-12-21)14-17(20)19(23)24/h5-8,17H,2-4,9-14H2,1H3,(H,23,24). The Morgan fingerprint density at radius 1 is 1.17 bits per heavy atom. The number of nitrogens with zero attached hydrogens (tertiary/aromatic N) is 1. The molecule has 1 aliphatic heterocycles. The van der Waals surface area contributed by atoms with Crippen LogP contribution in [-0.4, -0.2) is 35.0 Å².